The highest BCUT2D eigenvalue weighted by Crippen LogP contribution is 2.03. The van der Waals surface area contributed by atoms with Gasteiger partial charge in [-0.3, -0.25) is 10.1 Å². The number of nitrogens with one attached hydrogen (secondary N) is 1. The van der Waals surface area contributed by atoms with Crippen molar-refractivity contribution in [3.8, 4) is 0 Å². The second-order valence-corrected chi connectivity index (χ2v) is 3.08. The van der Waals surface area contributed by atoms with Crippen LogP contribution in [0.5, 0.6) is 0 Å². The van der Waals surface area contributed by atoms with Crippen LogP contribution in [0, 0.1) is 0 Å². The molecule has 5 nitrogen and oxygen atoms in total. The van der Waals surface area contributed by atoms with E-state index < -0.39 is 0 Å². The summed E-state index contributed by atoms with van der Waals surface area (Å²) in [6, 6.07) is -0.369. The molecular weight excluding hydrogens is 182 g/mol. The molecule has 0 aliphatic heterocycles. The number of nitrogens with zero attached hydrogens (tertiary/aromatic N) is 1. The molecule has 0 spiro atoms. The van der Waals surface area contributed by atoms with Gasteiger partial charge in [-0.05, 0) is 6.92 Å². The molecule has 1 unspecified atom stereocenters. The van der Waals surface area contributed by atoms with Crippen LogP contribution >= 0.6 is 0 Å². The third-order valence-electron chi connectivity index (χ3n) is 1.94. The molecule has 1 atom stereocenters. The van der Waals surface area contributed by atoms with Crippen molar-refractivity contribution >= 4 is 5.91 Å². The van der Waals surface area contributed by atoms with Crippen molar-refractivity contribution in [1.82, 2.24) is 10.3 Å². The number of carbonyl (C=O) groups excluding carboxylic acids is 1. The van der Waals surface area contributed by atoms with E-state index in [4.69, 9.17) is 10.2 Å². The molecule has 1 aromatic heterocycles. The van der Waals surface area contributed by atoms with Crippen LogP contribution in [0.4, 0.5) is 0 Å². The Labute approximate surface area is 82.7 Å². The second kappa shape index (κ2) is 4.76. The number of hydrogen-bond acceptors (Lipinski definition) is 4. The Balaban J connectivity index is 2.41. The maximum absolute atomic E-state index is 10.7. The Hall–Kier alpha value is -1.36. The standard InChI is InChI=1S/C9H15N3O2/c1-3-7-4-12-8(14-7)5-11-6(2)9(10)13/h4,6,11H,3,5H2,1-2H3,(H2,10,13). The van der Waals surface area contributed by atoms with Gasteiger partial charge in [0.15, 0.2) is 0 Å². The number of hydrogen-bond donors (Lipinski definition) is 2. The lowest BCUT2D eigenvalue weighted by atomic mass is 10.3. The minimum absolute atomic E-state index is 0.369. The van der Waals surface area contributed by atoms with Gasteiger partial charge in [0.25, 0.3) is 0 Å². The predicted molar refractivity (Wildman–Crippen MR) is 51.4 cm³/mol. The number of nitrogens with two attached hydrogens (primary N) is 1. The van der Waals surface area contributed by atoms with Crippen LogP contribution in [0.3, 0.4) is 0 Å². The van der Waals surface area contributed by atoms with Gasteiger partial charge in [-0.2, -0.15) is 0 Å². The Bertz CT molecular complexity index is 309. The van der Waals surface area contributed by atoms with E-state index in [2.05, 4.69) is 10.3 Å². The van der Waals surface area contributed by atoms with Crippen molar-refractivity contribution in [3.63, 3.8) is 0 Å². The van der Waals surface area contributed by atoms with E-state index in [1.165, 1.54) is 0 Å². The van der Waals surface area contributed by atoms with Gasteiger partial charge in [0.05, 0.1) is 18.8 Å². The van der Waals surface area contributed by atoms with E-state index >= 15 is 0 Å². The highest BCUT2D eigenvalue weighted by atomic mass is 16.4. The SMILES string of the molecule is CCc1cnc(CNC(C)C(N)=O)o1. The lowest BCUT2D eigenvalue weighted by Crippen LogP contribution is -2.38. The van der Waals surface area contributed by atoms with E-state index in [0.717, 1.165) is 12.2 Å². The first-order valence-corrected chi connectivity index (χ1v) is 4.59. The van der Waals surface area contributed by atoms with E-state index in [1.54, 1.807) is 13.1 Å². The molecule has 1 amide bonds. The van der Waals surface area contributed by atoms with E-state index in [0.29, 0.717) is 12.4 Å². The Morgan fingerprint density at radius 3 is 3.00 bits per heavy atom. The topological polar surface area (TPSA) is 81.1 Å². The monoisotopic (exact) mass is 197 g/mol. The van der Waals surface area contributed by atoms with Gasteiger partial charge >= 0.3 is 0 Å². The first-order chi connectivity index (χ1) is 6.63. The number of amides is 1. The average molecular weight is 197 g/mol. The van der Waals surface area contributed by atoms with Crippen LogP contribution in [-0.4, -0.2) is 16.9 Å². The summed E-state index contributed by atoms with van der Waals surface area (Å²) in [6.07, 6.45) is 2.50. The molecule has 0 fully saturated rings. The zero-order valence-corrected chi connectivity index (χ0v) is 8.41. The molecule has 1 aromatic rings. The quantitative estimate of drug-likeness (QED) is 0.706. The van der Waals surface area contributed by atoms with Crippen molar-refractivity contribution in [3.05, 3.63) is 17.8 Å². The summed E-state index contributed by atoms with van der Waals surface area (Å²) in [7, 11) is 0. The lowest BCUT2D eigenvalue weighted by molar-refractivity contribution is -0.119. The summed E-state index contributed by atoms with van der Waals surface area (Å²) >= 11 is 0. The van der Waals surface area contributed by atoms with Crippen molar-refractivity contribution in [2.24, 2.45) is 5.73 Å². The Kier molecular flexibility index (Phi) is 3.64. The fraction of sp³-hybridized carbons (Fsp3) is 0.556. The molecule has 1 rings (SSSR count). The Morgan fingerprint density at radius 2 is 2.50 bits per heavy atom. The molecule has 0 radical (unpaired) electrons. The van der Waals surface area contributed by atoms with Gasteiger partial charge in [0.2, 0.25) is 11.8 Å². The number of aryl methyl sites for hydroxylation is 1. The van der Waals surface area contributed by atoms with Crippen molar-refractivity contribution in [2.45, 2.75) is 32.9 Å². The number of rotatable bonds is 5. The molecule has 0 saturated carbocycles. The van der Waals surface area contributed by atoms with E-state index in [-0.39, 0.29) is 11.9 Å². The highest BCUT2D eigenvalue weighted by Gasteiger charge is 2.09. The molecule has 0 bridgehead atoms. The Morgan fingerprint density at radius 1 is 1.79 bits per heavy atom. The van der Waals surface area contributed by atoms with Gasteiger partial charge in [-0.15, -0.1) is 0 Å². The van der Waals surface area contributed by atoms with Crippen LogP contribution in [0.25, 0.3) is 0 Å². The van der Waals surface area contributed by atoms with Crippen LogP contribution in [0.2, 0.25) is 0 Å². The molecule has 0 saturated heterocycles. The number of carbonyl (C=O) groups is 1. The normalized spacial score (nSPS) is 12.7. The number of oxazole rings is 1. The minimum Gasteiger partial charge on any atom is -0.444 e. The number of primary amides is 1. The first kappa shape index (κ1) is 10.7. The molecule has 5 heteroatoms. The van der Waals surface area contributed by atoms with Gasteiger partial charge < -0.3 is 10.2 Å². The van der Waals surface area contributed by atoms with Gasteiger partial charge in [0, 0.05) is 6.42 Å². The minimum atomic E-state index is -0.382. The van der Waals surface area contributed by atoms with Gasteiger partial charge in [-0.25, -0.2) is 4.98 Å². The summed E-state index contributed by atoms with van der Waals surface area (Å²) in [5.41, 5.74) is 5.08. The molecule has 1 heterocycles. The molecule has 0 aliphatic carbocycles. The number of aromatic nitrogens is 1. The van der Waals surface area contributed by atoms with E-state index in [1.807, 2.05) is 6.92 Å². The first-order valence-electron chi connectivity index (χ1n) is 4.59. The summed E-state index contributed by atoms with van der Waals surface area (Å²) in [6.45, 7) is 4.11. The summed E-state index contributed by atoms with van der Waals surface area (Å²) in [4.78, 5) is 14.7. The lowest BCUT2D eigenvalue weighted by Gasteiger charge is -2.06. The van der Waals surface area contributed by atoms with Crippen molar-refractivity contribution in [2.75, 3.05) is 0 Å². The molecule has 3 N–H and O–H groups in total. The molecule has 0 aliphatic rings. The molecule has 78 valence electrons. The average Bonchev–Trinajstić information content (AvgIpc) is 2.61. The molecule has 14 heavy (non-hydrogen) atoms. The maximum atomic E-state index is 10.7. The summed E-state index contributed by atoms with van der Waals surface area (Å²) in [5.74, 6) is 1.04. The van der Waals surface area contributed by atoms with Crippen LogP contribution < -0.4 is 11.1 Å². The zero-order valence-electron chi connectivity index (χ0n) is 8.41. The summed E-state index contributed by atoms with van der Waals surface area (Å²) in [5, 5.41) is 2.90. The van der Waals surface area contributed by atoms with Crippen molar-refractivity contribution in [1.29, 1.82) is 0 Å². The second-order valence-electron chi connectivity index (χ2n) is 3.08. The fourth-order valence-corrected chi connectivity index (χ4v) is 0.934. The van der Waals surface area contributed by atoms with Crippen LogP contribution in [0.1, 0.15) is 25.5 Å². The largest absolute Gasteiger partial charge is 0.444 e. The molecule has 0 aromatic carbocycles. The zero-order chi connectivity index (χ0) is 10.6. The van der Waals surface area contributed by atoms with E-state index in [9.17, 15) is 4.79 Å². The maximum Gasteiger partial charge on any atom is 0.234 e. The third kappa shape index (κ3) is 2.85. The van der Waals surface area contributed by atoms with Crippen LogP contribution in [-0.2, 0) is 17.8 Å². The third-order valence-corrected chi connectivity index (χ3v) is 1.94. The highest BCUT2D eigenvalue weighted by molar-refractivity contribution is 5.79. The van der Waals surface area contributed by atoms with Gasteiger partial charge in [0.1, 0.15) is 5.76 Å². The summed E-state index contributed by atoms with van der Waals surface area (Å²) < 4.78 is 5.34. The molecular formula is C9H15N3O2. The van der Waals surface area contributed by atoms with Crippen molar-refractivity contribution < 1.29 is 9.21 Å². The fourth-order valence-electron chi connectivity index (χ4n) is 0.934. The van der Waals surface area contributed by atoms with Gasteiger partial charge in [-0.1, -0.05) is 6.92 Å². The van der Waals surface area contributed by atoms with Crippen LogP contribution in [0.15, 0.2) is 10.6 Å². The smallest absolute Gasteiger partial charge is 0.234 e. The predicted octanol–water partition coefficient (Wildman–Crippen LogP) is 0.200.